The zero-order valence-corrected chi connectivity index (χ0v) is 12.0. The lowest BCUT2D eigenvalue weighted by molar-refractivity contribution is 0.550. The summed E-state index contributed by atoms with van der Waals surface area (Å²) < 4.78 is 1.13. The van der Waals surface area contributed by atoms with Crippen LogP contribution >= 0.6 is 27.3 Å². The number of nitrogens with two attached hydrogens (primary N) is 1. The van der Waals surface area contributed by atoms with Gasteiger partial charge >= 0.3 is 0 Å². The Bertz CT molecular complexity index is 496. The van der Waals surface area contributed by atoms with E-state index in [2.05, 4.69) is 51.2 Å². The van der Waals surface area contributed by atoms with Crippen molar-refractivity contribution < 1.29 is 0 Å². The second-order valence-corrected chi connectivity index (χ2v) is 5.62. The van der Waals surface area contributed by atoms with Gasteiger partial charge in [-0.05, 0) is 46.9 Å². The number of benzene rings is 1. The molecule has 1 unspecified atom stereocenters. The smallest absolute Gasteiger partial charge is 0.0511 e. The lowest BCUT2D eigenvalue weighted by Crippen LogP contribution is -2.29. The molecule has 0 aliphatic heterocycles. The molecule has 0 aliphatic carbocycles. The van der Waals surface area contributed by atoms with Gasteiger partial charge in [0.15, 0.2) is 0 Å². The molecule has 0 fully saturated rings. The van der Waals surface area contributed by atoms with Crippen molar-refractivity contribution in [2.75, 3.05) is 0 Å². The molecule has 3 N–H and O–H groups in total. The van der Waals surface area contributed by atoms with Crippen LogP contribution in [-0.2, 0) is 6.42 Å². The lowest BCUT2D eigenvalue weighted by Gasteiger charge is -2.17. The van der Waals surface area contributed by atoms with Crippen molar-refractivity contribution >= 4 is 27.3 Å². The Morgan fingerprint density at radius 3 is 2.71 bits per heavy atom. The molecule has 1 atom stereocenters. The highest BCUT2D eigenvalue weighted by Gasteiger charge is 2.14. The van der Waals surface area contributed by atoms with Crippen LogP contribution in [0.25, 0.3) is 0 Å². The topological polar surface area (TPSA) is 38.0 Å². The SMILES string of the molecule is Cc1cscc1C(Cc1ccccc1Br)NN. The fourth-order valence-corrected chi connectivity index (χ4v) is 3.22. The van der Waals surface area contributed by atoms with E-state index in [0.29, 0.717) is 0 Å². The van der Waals surface area contributed by atoms with Gasteiger partial charge in [-0.15, -0.1) is 0 Å². The third-order valence-electron chi connectivity index (χ3n) is 2.85. The maximum absolute atomic E-state index is 5.67. The third-order valence-corrected chi connectivity index (χ3v) is 4.51. The minimum Gasteiger partial charge on any atom is -0.271 e. The van der Waals surface area contributed by atoms with Crippen molar-refractivity contribution in [1.29, 1.82) is 0 Å². The Morgan fingerprint density at radius 2 is 2.12 bits per heavy atom. The van der Waals surface area contributed by atoms with Gasteiger partial charge in [0, 0.05) is 4.47 Å². The van der Waals surface area contributed by atoms with Crippen molar-refractivity contribution in [3.63, 3.8) is 0 Å². The van der Waals surface area contributed by atoms with E-state index in [0.717, 1.165) is 10.9 Å². The summed E-state index contributed by atoms with van der Waals surface area (Å²) in [4.78, 5) is 0. The van der Waals surface area contributed by atoms with Crippen LogP contribution in [0, 0.1) is 6.92 Å². The number of aryl methyl sites for hydroxylation is 1. The third kappa shape index (κ3) is 2.96. The van der Waals surface area contributed by atoms with E-state index >= 15 is 0 Å². The van der Waals surface area contributed by atoms with Gasteiger partial charge in [-0.1, -0.05) is 34.1 Å². The quantitative estimate of drug-likeness (QED) is 0.669. The zero-order valence-electron chi connectivity index (χ0n) is 9.61. The highest BCUT2D eigenvalue weighted by Crippen LogP contribution is 2.27. The van der Waals surface area contributed by atoms with Crippen molar-refractivity contribution in [3.8, 4) is 0 Å². The molecule has 4 heteroatoms. The second-order valence-electron chi connectivity index (χ2n) is 4.02. The number of rotatable bonds is 4. The maximum atomic E-state index is 5.67. The summed E-state index contributed by atoms with van der Waals surface area (Å²) in [6.07, 6.45) is 0.884. The predicted octanol–water partition coefficient (Wildman–Crippen LogP) is 3.57. The highest BCUT2D eigenvalue weighted by atomic mass is 79.9. The summed E-state index contributed by atoms with van der Waals surface area (Å²) in [6, 6.07) is 8.42. The largest absolute Gasteiger partial charge is 0.271 e. The molecule has 2 aromatic rings. The molecule has 1 aromatic carbocycles. The Kier molecular flexibility index (Phi) is 4.34. The minimum absolute atomic E-state index is 0.167. The standard InChI is InChI=1S/C13H15BrN2S/c1-9-7-17-8-11(9)13(16-15)6-10-4-2-3-5-12(10)14/h2-5,7-8,13,16H,6,15H2,1H3. The number of halogens is 1. The van der Waals surface area contributed by atoms with E-state index in [9.17, 15) is 0 Å². The van der Waals surface area contributed by atoms with Crippen LogP contribution in [0.15, 0.2) is 39.5 Å². The van der Waals surface area contributed by atoms with E-state index < -0.39 is 0 Å². The molecule has 1 heterocycles. The van der Waals surface area contributed by atoms with Crippen molar-refractivity contribution in [2.24, 2.45) is 5.84 Å². The van der Waals surface area contributed by atoms with E-state index in [-0.39, 0.29) is 6.04 Å². The van der Waals surface area contributed by atoms with Crippen LogP contribution in [-0.4, -0.2) is 0 Å². The first-order chi connectivity index (χ1) is 8.22. The maximum Gasteiger partial charge on any atom is 0.0511 e. The monoisotopic (exact) mass is 310 g/mol. The van der Waals surface area contributed by atoms with Crippen molar-refractivity contribution in [3.05, 3.63) is 56.2 Å². The van der Waals surface area contributed by atoms with Gasteiger partial charge in [0.1, 0.15) is 0 Å². The highest BCUT2D eigenvalue weighted by molar-refractivity contribution is 9.10. The molecule has 0 aliphatic rings. The first-order valence-electron chi connectivity index (χ1n) is 5.44. The minimum atomic E-state index is 0.167. The number of hydrazine groups is 1. The number of thiophene rings is 1. The summed E-state index contributed by atoms with van der Waals surface area (Å²) in [6.45, 7) is 2.12. The summed E-state index contributed by atoms with van der Waals surface area (Å²) >= 11 is 5.29. The zero-order chi connectivity index (χ0) is 12.3. The molecule has 17 heavy (non-hydrogen) atoms. The molecule has 0 saturated heterocycles. The normalized spacial score (nSPS) is 12.6. The van der Waals surface area contributed by atoms with Crippen LogP contribution < -0.4 is 11.3 Å². The lowest BCUT2D eigenvalue weighted by atomic mass is 9.99. The first kappa shape index (κ1) is 12.8. The molecule has 2 nitrogen and oxygen atoms in total. The average molecular weight is 311 g/mol. The summed E-state index contributed by atoms with van der Waals surface area (Å²) in [5, 5.41) is 4.32. The Labute approximate surface area is 114 Å². The molecule has 90 valence electrons. The van der Waals surface area contributed by atoms with Gasteiger partial charge in [0.25, 0.3) is 0 Å². The molecule has 0 amide bonds. The molecular weight excluding hydrogens is 296 g/mol. The fourth-order valence-electron chi connectivity index (χ4n) is 1.87. The van der Waals surface area contributed by atoms with Crippen LogP contribution in [0.4, 0.5) is 0 Å². The van der Waals surface area contributed by atoms with Crippen LogP contribution in [0.3, 0.4) is 0 Å². The number of hydrogen-bond donors (Lipinski definition) is 2. The van der Waals surface area contributed by atoms with Crippen molar-refractivity contribution in [1.82, 2.24) is 5.43 Å². The fraction of sp³-hybridized carbons (Fsp3) is 0.231. The van der Waals surface area contributed by atoms with Gasteiger partial charge in [0.05, 0.1) is 6.04 Å². The average Bonchev–Trinajstić information content (AvgIpc) is 2.75. The van der Waals surface area contributed by atoms with E-state index in [1.165, 1.54) is 16.7 Å². The van der Waals surface area contributed by atoms with Crippen LogP contribution in [0.5, 0.6) is 0 Å². The number of nitrogens with one attached hydrogen (secondary N) is 1. The Balaban J connectivity index is 2.22. The molecule has 1 aromatic heterocycles. The van der Waals surface area contributed by atoms with Gasteiger partial charge < -0.3 is 0 Å². The second kappa shape index (κ2) is 5.78. The summed E-state index contributed by atoms with van der Waals surface area (Å²) in [5.74, 6) is 5.67. The van der Waals surface area contributed by atoms with Gasteiger partial charge in [-0.2, -0.15) is 11.3 Å². The van der Waals surface area contributed by atoms with Gasteiger partial charge in [-0.25, -0.2) is 0 Å². The Hall–Kier alpha value is -0.680. The predicted molar refractivity (Wildman–Crippen MR) is 77.0 cm³/mol. The van der Waals surface area contributed by atoms with Crippen LogP contribution in [0.1, 0.15) is 22.7 Å². The van der Waals surface area contributed by atoms with E-state index in [1.807, 2.05) is 12.1 Å². The van der Waals surface area contributed by atoms with Gasteiger partial charge in [-0.3, -0.25) is 11.3 Å². The van der Waals surface area contributed by atoms with E-state index in [1.54, 1.807) is 11.3 Å². The Morgan fingerprint density at radius 1 is 1.35 bits per heavy atom. The molecular formula is C13H15BrN2S. The van der Waals surface area contributed by atoms with Crippen LogP contribution in [0.2, 0.25) is 0 Å². The molecule has 0 saturated carbocycles. The van der Waals surface area contributed by atoms with Gasteiger partial charge in [0.2, 0.25) is 0 Å². The number of hydrogen-bond acceptors (Lipinski definition) is 3. The van der Waals surface area contributed by atoms with E-state index in [4.69, 9.17) is 5.84 Å². The molecule has 2 rings (SSSR count). The summed E-state index contributed by atoms with van der Waals surface area (Å²) in [5.41, 5.74) is 6.75. The molecule has 0 radical (unpaired) electrons. The van der Waals surface area contributed by atoms with Crippen molar-refractivity contribution in [2.45, 2.75) is 19.4 Å². The first-order valence-corrected chi connectivity index (χ1v) is 7.18. The molecule has 0 spiro atoms. The summed E-state index contributed by atoms with van der Waals surface area (Å²) in [7, 11) is 0. The molecule has 0 bridgehead atoms.